The maximum absolute atomic E-state index is 12.9. The first-order valence-corrected chi connectivity index (χ1v) is 14.6. The number of hydrogen-bond donors (Lipinski definition) is 8. The van der Waals surface area contributed by atoms with E-state index in [1.165, 1.54) is 0 Å². The lowest BCUT2D eigenvalue weighted by atomic mass is 9.86. The van der Waals surface area contributed by atoms with Crippen molar-refractivity contribution in [2.24, 2.45) is 5.73 Å². The van der Waals surface area contributed by atoms with Gasteiger partial charge in [0.15, 0.2) is 0 Å². The summed E-state index contributed by atoms with van der Waals surface area (Å²) < 4.78 is -3.34. The van der Waals surface area contributed by atoms with Crippen LogP contribution in [0.2, 0.25) is 0 Å². The van der Waals surface area contributed by atoms with Gasteiger partial charge in [-0.1, -0.05) is 67.8 Å². The molecule has 1 aromatic carbocycles. The van der Waals surface area contributed by atoms with Gasteiger partial charge in [0.25, 0.3) is 11.8 Å². The molecule has 0 aliphatic carbocycles. The van der Waals surface area contributed by atoms with Crippen molar-refractivity contribution in [1.29, 1.82) is 0 Å². The minimum atomic E-state index is -1.12. The van der Waals surface area contributed by atoms with Crippen molar-refractivity contribution in [2.75, 3.05) is 49.3 Å². The number of aliphatic hydroxyl groups excluding tert-OH is 7. The van der Waals surface area contributed by atoms with E-state index in [0.717, 1.165) is 9.80 Å². The topological polar surface area (TPSA) is 225 Å². The lowest BCUT2D eigenvalue weighted by Gasteiger charge is -2.35. The Bertz CT molecular complexity index is 901. The minimum absolute atomic E-state index is 0.0351. The van der Waals surface area contributed by atoms with Gasteiger partial charge >= 0.3 is 0 Å². The van der Waals surface area contributed by atoms with E-state index in [2.05, 4.69) is 0 Å². The molecule has 0 radical (unpaired) electrons. The molecule has 3 amide bonds. The number of hydrogen-bond acceptors (Lipinski definition) is 10. The lowest BCUT2D eigenvalue weighted by molar-refractivity contribution is -0.122. The van der Waals surface area contributed by atoms with Crippen LogP contribution < -0.4 is 15.5 Å². The van der Waals surface area contributed by atoms with Gasteiger partial charge in [-0.25, -0.2) is 0 Å². The zero-order chi connectivity index (χ0) is 28.4. The standard InChI is InChI=1S/C21H30I3N3O10/c22-13(32)5-10-18(21(25)37)11(6-14(23)33)20(27(2-4-29)17(36)9-31)12(7-15(24)34)19(10)26(1-3-28)16(35)8-30/h13-15,28-34H,1-9H2,(H2,25,37). The Kier molecular flexibility index (Phi) is 15.5. The predicted octanol–water partition coefficient (Wildman–Crippen LogP) is -1.69. The number of amides is 3. The van der Waals surface area contributed by atoms with Crippen molar-refractivity contribution in [3.8, 4) is 0 Å². The zero-order valence-corrected chi connectivity index (χ0v) is 26.0. The van der Waals surface area contributed by atoms with Crippen LogP contribution in [0.3, 0.4) is 0 Å². The summed E-state index contributed by atoms with van der Waals surface area (Å²) in [5.41, 5.74) is 5.52. The zero-order valence-electron chi connectivity index (χ0n) is 19.6. The van der Waals surface area contributed by atoms with Crippen molar-refractivity contribution >= 4 is 96.9 Å². The van der Waals surface area contributed by atoms with Crippen LogP contribution in [0.15, 0.2) is 0 Å². The molecule has 9 N–H and O–H groups in total. The third-order valence-corrected chi connectivity index (χ3v) is 6.49. The molecule has 16 heteroatoms. The number of carbonyl (C=O) groups excluding carboxylic acids is 3. The summed E-state index contributed by atoms with van der Waals surface area (Å²) in [6.07, 6.45) is -0.754. The molecule has 0 fully saturated rings. The lowest BCUT2D eigenvalue weighted by Crippen LogP contribution is -2.41. The Morgan fingerprint density at radius 1 is 0.676 bits per heavy atom. The number of rotatable bonds is 15. The number of benzene rings is 1. The number of carbonyl (C=O) groups is 3. The molecule has 0 heterocycles. The quantitative estimate of drug-likeness (QED) is 0.0738. The van der Waals surface area contributed by atoms with Gasteiger partial charge in [-0.15, -0.1) is 0 Å². The highest BCUT2D eigenvalue weighted by Gasteiger charge is 2.35. The first-order chi connectivity index (χ1) is 17.4. The van der Waals surface area contributed by atoms with Gasteiger partial charge < -0.3 is 51.3 Å². The minimum Gasteiger partial charge on any atom is -0.395 e. The molecule has 0 aromatic heterocycles. The smallest absolute Gasteiger partial charge is 0.252 e. The maximum atomic E-state index is 12.9. The van der Waals surface area contributed by atoms with Gasteiger partial charge in [-0.3, -0.25) is 14.4 Å². The van der Waals surface area contributed by atoms with Crippen LogP contribution in [0.25, 0.3) is 0 Å². The number of halogens is 3. The Labute approximate surface area is 254 Å². The number of nitrogens with zero attached hydrogens (tertiary/aromatic N) is 2. The van der Waals surface area contributed by atoms with Crippen LogP contribution in [0.4, 0.5) is 11.4 Å². The van der Waals surface area contributed by atoms with Gasteiger partial charge in [0.2, 0.25) is 5.91 Å². The van der Waals surface area contributed by atoms with Crippen molar-refractivity contribution in [3.63, 3.8) is 0 Å². The molecule has 37 heavy (non-hydrogen) atoms. The second-order valence-electron chi connectivity index (χ2n) is 7.64. The molecule has 0 saturated carbocycles. The van der Waals surface area contributed by atoms with Crippen molar-refractivity contribution in [2.45, 2.75) is 31.6 Å². The van der Waals surface area contributed by atoms with Crippen LogP contribution in [-0.4, -0.2) is 105 Å². The molecule has 0 spiro atoms. The summed E-state index contributed by atoms with van der Waals surface area (Å²) in [5, 5.41) is 69.6. The summed E-state index contributed by atoms with van der Waals surface area (Å²) in [6.45, 7) is -3.87. The molecule has 0 bridgehead atoms. The molecular weight excluding hydrogens is 835 g/mol. The van der Waals surface area contributed by atoms with E-state index < -0.39 is 56.5 Å². The highest BCUT2D eigenvalue weighted by molar-refractivity contribution is 14.1. The second-order valence-corrected chi connectivity index (χ2v) is 12.0. The number of anilines is 2. The fourth-order valence-corrected chi connectivity index (χ4v) is 5.35. The van der Waals surface area contributed by atoms with E-state index in [1.54, 1.807) is 67.8 Å². The normalized spacial score (nSPS) is 13.7. The molecule has 13 nitrogen and oxygen atoms in total. The van der Waals surface area contributed by atoms with Gasteiger partial charge in [0, 0.05) is 43.5 Å². The van der Waals surface area contributed by atoms with Gasteiger partial charge in [-0.05, 0) is 11.1 Å². The Morgan fingerprint density at radius 3 is 1.24 bits per heavy atom. The summed E-state index contributed by atoms with van der Waals surface area (Å²) in [7, 11) is 0. The van der Waals surface area contributed by atoms with Crippen LogP contribution in [0.5, 0.6) is 0 Å². The third-order valence-electron chi connectivity index (χ3n) is 5.17. The average molecular weight is 865 g/mol. The monoisotopic (exact) mass is 865 g/mol. The fraction of sp³-hybridized carbons (Fsp3) is 0.571. The highest BCUT2D eigenvalue weighted by Crippen LogP contribution is 2.43. The number of alkyl halides is 3. The first-order valence-electron chi connectivity index (χ1n) is 10.9. The Hall–Kier alpha value is -0.460. The predicted molar refractivity (Wildman–Crippen MR) is 159 cm³/mol. The molecule has 3 unspecified atom stereocenters. The highest BCUT2D eigenvalue weighted by atomic mass is 127. The summed E-state index contributed by atoms with van der Waals surface area (Å²) >= 11 is 5.02. The molecule has 3 atom stereocenters. The second kappa shape index (κ2) is 16.6. The van der Waals surface area contributed by atoms with Crippen molar-refractivity contribution in [3.05, 3.63) is 22.3 Å². The van der Waals surface area contributed by atoms with E-state index in [-0.39, 0.29) is 66.0 Å². The SMILES string of the molecule is NC(=O)c1c(CC(O)I)c(N(CCO)C(=O)CO)c(CC(O)I)c(N(CCO)C(=O)CO)c1CC(O)I. The van der Waals surface area contributed by atoms with Crippen LogP contribution in [-0.2, 0) is 28.9 Å². The average Bonchev–Trinajstić information content (AvgIpc) is 2.80. The van der Waals surface area contributed by atoms with E-state index in [0.29, 0.717) is 0 Å². The summed E-state index contributed by atoms with van der Waals surface area (Å²) in [6, 6.07) is 0. The molecule has 1 rings (SSSR count). The van der Waals surface area contributed by atoms with E-state index >= 15 is 0 Å². The third kappa shape index (κ3) is 9.31. The van der Waals surface area contributed by atoms with Gasteiger partial charge in [-0.2, -0.15) is 0 Å². The van der Waals surface area contributed by atoms with Crippen LogP contribution in [0, 0.1) is 0 Å². The molecular formula is C21H30I3N3O10. The van der Waals surface area contributed by atoms with E-state index in [4.69, 9.17) is 5.73 Å². The van der Waals surface area contributed by atoms with Gasteiger partial charge in [0.05, 0.1) is 24.6 Å². The Balaban J connectivity index is 4.58. The molecule has 0 aliphatic rings. The number of primary amides is 1. The van der Waals surface area contributed by atoms with Crippen molar-refractivity contribution < 1.29 is 50.1 Å². The molecule has 0 aliphatic heterocycles. The molecule has 0 saturated heterocycles. The Morgan fingerprint density at radius 2 is 1.00 bits per heavy atom. The van der Waals surface area contributed by atoms with Crippen LogP contribution in [0.1, 0.15) is 27.0 Å². The van der Waals surface area contributed by atoms with Crippen LogP contribution >= 0.6 is 67.8 Å². The molecule has 1 aromatic rings. The van der Waals surface area contributed by atoms with E-state index in [1.807, 2.05) is 0 Å². The summed E-state index contributed by atoms with van der Waals surface area (Å²) in [4.78, 5) is 40.5. The van der Waals surface area contributed by atoms with E-state index in [9.17, 15) is 50.1 Å². The maximum Gasteiger partial charge on any atom is 0.252 e. The largest absolute Gasteiger partial charge is 0.395 e. The summed E-state index contributed by atoms with van der Waals surface area (Å²) in [5.74, 6) is -2.82. The number of nitrogens with two attached hydrogens (primary N) is 1. The van der Waals surface area contributed by atoms with Crippen molar-refractivity contribution in [1.82, 2.24) is 0 Å². The molecule has 210 valence electrons. The fourth-order valence-electron chi connectivity index (χ4n) is 4.03. The first kappa shape index (κ1) is 34.6. The number of aliphatic hydroxyl groups is 7. The van der Waals surface area contributed by atoms with Gasteiger partial charge in [0.1, 0.15) is 25.5 Å².